The summed E-state index contributed by atoms with van der Waals surface area (Å²) in [7, 11) is 0. The molecule has 3 aromatic heterocycles. The number of anilines is 1. The molecule has 1 aliphatic heterocycles. The van der Waals surface area contributed by atoms with Gasteiger partial charge in [0.25, 0.3) is 5.95 Å². The molecule has 1 unspecified atom stereocenters. The summed E-state index contributed by atoms with van der Waals surface area (Å²) in [6.45, 7) is 4.71. The fraction of sp³-hybridized carbons (Fsp3) is 0.400. The maximum Gasteiger partial charge on any atom is 0.291 e. The van der Waals surface area contributed by atoms with Crippen molar-refractivity contribution in [3.05, 3.63) is 24.4 Å². The van der Waals surface area contributed by atoms with E-state index in [0.29, 0.717) is 30.9 Å². The van der Waals surface area contributed by atoms with Gasteiger partial charge in [0.05, 0.1) is 23.7 Å². The molecule has 1 atom stereocenters. The summed E-state index contributed by atoms with van der Waals surface area (Å²) in [5, 5.41) is 11.8. The minimum absolute atomic E-state index is 0.191. The second-order valence-corrected chi connectivity index (χ2v) is 6.13. The lowest BCUT2D eigenvalue weighted by atomic mass is 9.90. The van der Waals surface area contributed by atoms with Gasteiger partial charge in [-0.05, 0) is 18.5 Å². The molecule has 0 bridgehead atoms. The van der Waals surface area contributed by atoms with Crippen molar-refractivity contribution in [3.8, 4) is 5.95 Å². The summed E-state index contributed by atoms with van der Waals surface area (Å²) in [5.41, 5.74) is 0.464. The number of amides is 1. The smallest absolute Gasteiger partial charge is 0.291 e. The molecule has 4 rings (SSSR count). The molecule has 0 aliphatic carbocycles. The SMILES string of the molecule is CC(=O)Nc1cc2c(cn1)cnn2-c1noc(C2(C)CCOC2)n1. The summed E-state index contributed by atoms with van der Waals surface area (Å²) >= 11 is 0. The van der Waals surface area contributed by atoms with E-state index in [1.54, 1.807) is 23.1 Å². The number of aromatic nitrogens is 5. The highest BCUT2D eigenvalue weighted by atomic mass is 16.5. The highest BCUT2D eigenvalue weighted by Crippen LogP contribution is 2.31. The number of pyridine rings is 1. The zero-order valence-corrected chi connectivity index (χ0v) is 13.3. The van der Waals surface area contributed by atoms with E-state index >= 15 is 0 Å². The van der Waals surface area contributed by atoms with E-state index in [2.05, 4.69) is 25.5 Å². The van der Waals surface area contributed by atoms with Gasteiger partial charge in [0.1, 0.15) is 5.82 Å². The predicted molar refractivity (Wildman–Crippen MR) is 83.8 cm³/mol. The second-order valence-electron chi connectivity index (χ2n) is 6.13. The molecule has 0 aromatic carbocycles. The third-order valence-electron chi connectivity index (χ3n) is 4.10. The number of ether oxygens (including phenoxy) is 1. The van der Waals surface area contributed by atoms with Crippen LogP contribution in [0.2, 0.25) is 0 Å². The Balaban J connectivity index is 1.73. The lowest BCUT2D eigenvalue weighted by Gasteiger charge is -2.14. The minimum atomic E-state index is -0.267. The van der Waals surface area contributed by atoms with E-state index in [4.69, 9.17) is 9.26 Å². The van der Waals surface area contributed by atoms with Gasteiger partial charge in [-0.25, -0.2) is 4.98 Å². The quantitative estimate of drug-likeness (QED) is 0.775. The van der Waals surface area contributed by atoms with Crippen LogP contribution in [0.3, 0.4) is 0 Å². The lowest BCUT2D eigenvalue weighted by Crippen LogP contribution is -2.22. The van der Waals surface area contributed by atoms with Crippen LogP contribution in [0.25, 0.3) is 16.9 Å². The number of nitrogens with one attached hydrogen (secondary N) is 1. The van der Waals surface area contributed by atoms with Gasteiger partial charge in [-0.2, -0.15) is 14.8 Å². The van der Waals surface area contributed by atoms with Crippen molar-refractivity contribution in [1.82, 2.24) is 24.9 Å². The largest absolute Gasteiger partial charge is 0.380 e. The molecule has 0 spiro atoms. The van der Waals surface area contributed by atoms with Crippen LogP contribution in [0, 0.1) is 0 Å². The molecule has 0 saturated carbocycles. The average molecular weight is 328 g/mol. The molecule has 0 radical (unpaired) electrons. The zero-order valence-electron chi connectivity index (χ0n) is 13.3. The van der Waals surface area contributed by atoms with Crippen molar-refractivity contribution in [3.63, 3.8) is 0 Å². The van der Waals surface area contributed by atoms with E-state index in [-0.39, 0.29) is 11.3 Å². The number of hydrogen-bond donors (Lipinski definition) is 1. The van der Waals surface area contributed by atoms with Crippen LogP contribution in [-0.4, -0.2) is 44.0 Å². The number of hydrogen-bond acceptors (Lipinski definition) is 7. The molecule has 1 saturated heterocycles. The fourth-order valence-corrected chi connectivity index (χ4v) is 2.71. The Kier molecular flexibility index (Phi) is 3.31. The van der Waals surface area contributed by atoms with Crippen molar-refractivity contribution >= 4 is 22.6 Å². The third-order valence-corrected chi connectivity index (χ3v) is 4.10. The summed E-state index contributed by atoms with van der Waals surface area (Å²) in [5.74, 6) is 1.13. The van der Waals surface area contributed by atoms with Crippen molar-refractivity contribution in [2.45, 2.75) is 25.7 Å². The van der Waals surface area contributed by atoms with Crippen LogP contribution in [0.4, 0.5) is 5.82 Å². The molecule has 9 nitrogen and oxygen atoms in total. The molecule has 1 amide bonds. The number of rotatable bonds is 3. The minimum Gasteiger partial charge on any atom is -0.380 e. The molecular weight excluding hydrogens is 312 g/mol. The van der Waals surface area contributed by atoms with E-state index in [1.165, 1.54) is 6.92 Å². The van der Waals surface area contributed by atoms with Gasteiger partial charge >= 0.3 is 0 Å². The fourth-order valence-electron chi connectivity index (χ4n) is 2.71. The molecule has 1 aliphatic rings. The first-order chi connectivity index (χ1) is 11.5. The van der Waals surface area contributed by atoms with Crippen molar-refractivity contribution in [2.75, 3.05) is 18.5 Å². The monoisotopic (exact) mass is 328 g/mol. The Morgan fingerprint density at radius 2 is 2.29 bits per heavy atom. The molecule has 124 valence electrons. The summed E-state index contributed by atoms with van der Waals surface area (Å²) in [4.78, 5) is 19.9. The van der Waals surface area contributed by atoms with E-state index in [9.17, 15) is 4.79 Å². The number of carbonyl (C=O) groups excluding carboxylic acids is 1. The van der Waals surface area contributed by atoms with Gasteiger partial charge < -0.3 is 14.6 Å². The molecule has 24 heavy (non-hydrogen) atoms. The number of fused-ring (bicyclic) bond motifs is 1. The highest BCUT2D eigenvalue weighted by Gasteiger charge is 2.37. The predicted octanol–water partition coefficient (Wildman–Crippen LogP) is 1.44. The van der Waals surface area contributed by atoms with Gasteiger partial charge in [-0.3, -0.25) is 4.79 Å². The van der Waals surface area contributed by atoms with Crippen molar-refractivity contribution in [2.24, 2.45) is 0 Å². The molecule has 1 fully saturated rings. The van der Waals surface area contributed by atoms with Crippen LogP contribution in [-0.2, 0) is 14.9 Å². The molecule has 4 heterocycles. The third kappa shape index (κ3) is 2.42. The van der Waals surface area contributed by atoms with Crippen LogP contribution >= 0.6 is 0 Å². The Morgan fingerprint density at radius 1 is 1.42 bits per heavy atom. The number of carbonyl (C=O) groups is 1. The van der Waals surface area contributed by atoms with Gasteiger partial charge in [-0.15, -0.1) is 0 Å². The van der Waals surface area contributed by atoms with Gasteiger partial charge in [0, 0.05) is 31.2 Å². The van der Waals surface area contributed by atoms with E-state index in [1.807, 2.05) is 6.92 Å². The van der Waals surface area contributed by atoms with E-state index < -0.39 is 0 Å². The first kappa shape index (κ1) is 14.8. The normalized spacial score (nSPS) is 20.6. The summed E-state index contributed by atoms with van der Waals surface area (Å²) in [6, 6.07) is 1.72. The molecule has 3 aromatic rings. The second kappa shape index (κ2) is 5.38. The van der Waals surface area contributed by atoms with E-state index in [0.717, 1.165) is 17.3 Å². The lowest BCUT2D eigenvalue weighted by molar-refractivity contribution is -0.114. The summed E-state index contributed by atoms with van der Waals surface area (Å²) < 4.78 is 12.4. The summed E-state index contributed by atoms with van der Waals surface area (Å²) in [6.07, 6.45) is 4.14. The van der Waals surface area contributed by atoms with Gasteiger partial charge in [0.2, 0.25) is 11.8 Å². The van der Waals surface area contributed by atoms with Gasteiger partial charge in [0.15, 0.2) is 0 Å². The Morgan fingerprint density at radius 3 is 3.04 bits per heavy atom. The highest BCUT2D eigenvalue weighted by molar-refractivity contribution is 5.90. The number of nitrogens with zero attached hydrogens (tertiary/aromatic N) is 5. The Hall–Kier alpha value is -2.81. The van der Waals surface area contributed by atoms with Crippen molar-refractivity contribution < 1.29 is 14.1 Å². The average Bonchev–Trinajstić information content (AvgIpc) is 3.24. The maximum absolute atomic E-state index is 11.2. The first-order valence-corrected chi connectivity index (χ1v) is 7.59. The van der Waals surface area contributed by atoms with Crippen LogP contribution in [0.5, 0.6) is 0 Å². The van der Waals surface area contributed by atoms with Crippen LogP contribution in [0.1, 0.15) is 26.2 Å². The standard InChI is InChI=1S/C15H16N6O3/c1-9(22)18-12-5-11-10(6-16-12)7-17-21(11)14-19-13(24-20-14)15(2)3-4-23-8-15/h5-7H,3-4,8H2,1-2H3,(H,16,18,22). The van der Waals surface area contributed by atoms with Crippen LogP contribution < -0.4 is 5.32 Å². The Bertz CT molecular complexity index is 909. The maximum atomic E-state index is 11.2. The topological polar surface area (TPSA) is 108 Å². The molecule has 1 N–H and O–H groups in total. The van der Waals surface area contributed by atoms with Crippen molar-refractivity contribution in [1.29, 1.82) is 0 Å². The van der Waals surface area contributed by atoms with Gasteiger partial charge in [-0.1, -0.05) is 0 Å². The Labute approximate surface area is 137 Å². The first-order valence-electron chi connectivity index (χ1n) is 7.59. The zero-order chi connectivity index (χ0) is 16.7. The molecular formula is C15H16N6O3. The molecule has 9 heteroatoms. The van der Waals surface area contributed by atoms with Crippen LogP contribution in [0.15, 0.2) is 23.0 Å².